The van der Waals surface area contributed by atoms with E-state index in [9.17, 15) is 4.79 Å². The Morgan fingerprint density at radius 3 is 2.83 bits per heavy atom. The second kappa shape index (κ2) is 3.95. The summed E-state index contributed by atoms with van der Waals surface area (Å²) in [4.78, 5) is 12.2. The van der Waals surface area contributed by atoms with Gasteiger partial charge in [0, 0.05) is 34.9 Å². The second-order valence-electron chi connectivity index (χ2n) is 5.87. The van der Waals surface area contributed by atoms with E-state index in [0.717, 1.165) is 33.5 Å². The number of ketones is 1. The zero-order valence-electron chi connectivity index (χ0n) is 10.5. The van der Waals surface area contributed by atoms with Crippen molar-refractivity contribution in [1.82, 2.24) is 0 Å². The Morgan fingerprint density at radius 1 is 1.28 bits per heavy atom. The Kier molecular flexibility index (Phi) is 2.63. The maximum Gasteiger partial charge on any atom is 0.163 e. The summed E-state index contributed by atoms with van der Waals surface area (Å²) in [5.41, 5.74) is 1.99. The molecule has 3 heteroatoms. The summed E-state index contributed by atoms with van der Waals surface area (Å²) >= 11 is 3.46. The molecule has 2 nitrogen and oxygen atoms in total. The van der Waals surface area contributed by atoms with E-state index in [2.05, 4.69) is 29.8 Å². The predicted molar refractivity (Wildman–Crippen MR) is 73.5 cm³/mol. The van der Waals surface area contributed by atoms with Crippen LogP contribution >= 0.6 is 15.9 Å². The van der Waals surface area contributed by atoms with Gasteiger partial charge in [-0.1, -0.05) is 29.8 Å². The van der Waals surface area contributed by atoms with Gasteiger partial charge in [-0.05, 0) is 23.6 Å². The Balaban J connectivity index is 2.02. The molecule has 0 aromatic heterocycles. The molecular weight excluding hydrogens is 292 g/mol. The number of hydrogen-bond donors (Lipinski definition) is 0. The summed E-state index contributed by atoms with van der Waals surface area (Å²) < 4.78 is 6.96. The summed E-state index contributed by atoms with van der Waals surface area (Å²) in [5.74, 6) is 2.01. The Hall–Kier alpha value is -1.09. The van der Waals surface area contributed by atoms with Crippen LogP contribution in [0.25, 0.3) is 0 Å². The molecule has 1 aliphatic heterocycles. The maximum absolute atomic E-state index is 12.2. The molecule has 94 valence electrons. The molecular formula is C15H15BrO2. The van der Waals surface area contributed by atoms with Gasteiger partial charge in [0.25, 0.3) is 0 Å². The summed E-state index contributed by atoms with van der Waals surface area (Å²) in [5, 5.41) is 0. The van der Waals surface area contributed by atoms with E-state index in [1.54, 1.807) is 0 Å². The lowest BCUT2D eigenvalue weighted by Gasteiger charge is -2.34. The molecule has 0 spiro atoms. The smallest absolute Gasteiger partial charge is 0.163 e. The molecule has 0 saturated carbocycles. The number of halogens is 1. The van der Waals surface area contributed by atoms with Crippen LogP contribution in [0.4, 0.5) is 0 Å². The molecule has 18 heavy (non-hydrogen) atoms. The van der Waals surface area contributed by atoms with Crippen LogP contribution in [-0.4, -0.2) is 5.78 Å². The summed E-state index contributed by atoms with van der Waals surface area (Å²) in [6.07, 6.45) is 2.18. The second-order valence-corrected chi connectivity index (χ2v) is 6.79. The van der Waals surface area contributed by atoms with Gasteiger partial charge in [0.2, 0.25) is 0 Å². The summed E-state index contributed by atoms with van der Waals surface area (Å²) in [7, 11) is 0. The van der Waals surface area contributed by atoms with E-state index < -0.39 is 0 Å². The monoisotopic (exact) mass is 306 g/mol. The van der Waals surface area contributed by atoms with E-state index in [1.807, 2.05) is 18.2 Å². The lowest BCUT2D eigenvalue weighted by Crippen LogP contribution is -2.30. The average Bonchev–Trinajstić information content (AvgIpc) is 2.26. The fourth-order valence-corrected chi connectivity index (χ4v) is 3.11. The molecule has 1 aromatic rings. The number of ether oxygens (including phenoxy) is 1. The SMILES string of the molecule is CC1(C)CC(=O)C2=C(C1)Oc1ccc(Br)cc1C2. The Bertz CT molecular complexity index is 570. The molecule has 0 saturated heterocycles. The van der Waals surface area contributed by atoms with Crippen LogP contribution in [0.15, 0.2) is 34.0 Å². The molecule has 2 aliphatic rings. The highest BCUT2D eigenvalue weighted by Crippen LogP contribution is 2.42. The van der Waals surface area contributed by atoms with Gasteiger partial charge in [0.05, 0.1) is 0 Å². The van der Waals surface area contributed by atoms with Crippen LogP contribution in [-0.2, 0) is 11.2 Å². The van der Waals surface area contributed by atoms with Crippen molar-refractivity contribution in [3.63, 3.8) is 0 Å². The largest absolute Gasteiger partial charge is 0.461 e. The molecule has 0 amide bonds. The van der Waals surface area contributed by atoms with Crippen molar-refractivity contribution in [1.29, 1.82) is 0 Å². The average molecular weight is 307 g/mol. The van der Waals surface area contributed by atoms with Crippen molar-refractivity contribution in [3.05, 3.63) is 39.6 Å². The Morgan fingerprint density at radius 2 is 2.06 bits per heavy atom. The number of benzene rings is 1. The van der Waals surface area contributed by atoms with E-state index in [-0.39, 0.29) is 11.2 Å². The first-order chi connectivity index (χ1) is 8.44. The highest BCUT2D eigenvalue weighted by Gasteiger charge is 2.36. The van der Waals surface area contributed by atoms with Crippen LogP contribution in [0.2, 0.25) is 0 Å². The number of allylic oxidation sites excluding steroid dienone is 2. The fraction of sp³-hybridized carbons (Fsp3) is 0.400. The van der Waals surface area contributed by atoms with Crippen LogP contribution in [0, 0.1) is 5.41 Å². The number of hydrogen-bond acceptors (Lipinski definition) is 2. The molecule has 0 fully saturated rings. The van der Waals surface area contributed by atoms with Crippen LogP contribution in [0.3, 0.4) is 0 Å². The quantitative estimate of drug-likeness (QED) is 0.723. The number of Topliss-reactive ketones (excluding diaryl/α,β-unsaturated/α-hetero) is 1. The summed E-state index contributed by atoms with van der Waals surface area (Å²) in [6.45, 7) is 4.24. The van der Waals surface area contributed by atoms with Crippen molar-refractivity contribution in [2.24, 2.45) is 5.41 Å². The predicted octanol–water partition coefficient (Wildman–Crippen LogP) is 4.03. The third-order valence-electron chi connectivity index (χ3n) is 3.57. The van der Waals surface area contributed by atoms with Gasteiger partial charge in [-0.3, -0.25) is 4.79 Å². The van der Waals surface area contributed by atoms with E-state index >= 15 is 0 Å². The molecule has 1 aliphatic carbocycles. The van der Waals surface area contributed by atoms with Crippen molar-refractivity contribution >= 4 is 21.7 Å². The minimum Gasteiger partial charge on any atom is -0.461 e. The van der Waals surface area contributed by atoms with Gasteiger partial charge < -0.3 is 4.74 Å². The first-order valence-electron chi connectivity index (χ1n) is 6.16. The standard InChI is InChI=1S/C15H15BrO2/c1-15(2)7-12(17)11-6-9-5-10(16)3-4-13(9)18-14(11)8-15/h3-5H,6-8H2,1-2H3. The Labute approximate surface area is 115 Å². The summed E-state index contributed by atoms with van der Waals surface area (Å²) in [6, 6.07) is 5.97. The van der Waals surface area contributed by atoms with E-state index in [0.29, 0.717) is 12.8 Å². The maximum atomic E-state index is 12.2. The zero-order valence-corrected chi connectivity index (χ0v) is 12.1. The third-order valence-corrected chi connectivity index (χ3v) is 4.07. The minimum absolute atomic E-state index is 0.0167. The number of carbonyl (C=O) groups excluding carboxylic acids is 1. The van der Waals surface area contributed by atoms with Crippen molar-refractivity contribution in [3.8, 4) is 5.75 Å². The van der Waals surface area contributed by atoms with E-state index in [4.69, 9.17) is 4.74 Å². The molecule has 0 N–H and O–H groups in total. The molecule has 1 heterocycles. The number of carbonyl (C=O) groups is 1. The van der Waals surface area contributed by atoms with Gasteiger partial charge in [-0.2, -0.15) is 0 Å². The first kappa shape index (κ1) is 12.0. The lowest BCUT2D eigenvalue weighted by molar-refractivity contribution is -0.118. The first-order valence-corrected chi connectivity index (χ1v) is 6.95. The molecule has 1 aromatic carbocycles. The molecule has 0 unspecified atom stereocenters. The van der Waals surface area contributed by atoms with Crippen molar-refractivity contribution in [2.45, 2.75) is 33.1 Å². The highest BCUT2D eigenvalue weighted by molar-refractivity contribution is 9.10. The molecule has 3 rings (SSSR count). The number of rotatable bonds is 0. The van der Waals surface area contributed by atoms with Gasteiger partial charge in [0.1, 0.15) is 11.5 Å². The zero-order chi connectivity index (χ0) is 12.9. The van der Waals surface area contributed by atoms with Gasteiger partial charge >= 0.3 is 0 Å². The topological polar surface area (TPSA) is 26.3 Å². The third kappa shape index (κ3) is 2.01. The van der Waals surface area contributed by atoms with Crippen LogP contribution in [0.1, 0.15) is 32.3 Å². The molecule has 0 radical (unpaired) electrons. The van der Waals surface area contributed by atoms with Crippen molar-refractivity contribution in [2.75, 3.05) is 0 Å². The lowest BCUT2D eigenvalue weighted by atomic mass is 9.75. The van der Waals surface area contributed by atoms with Gasteiger partial charge in [-0.15, -0.1) is 0 Å². The molecule has 0 atom stereocenters. The normalized spacial score (nSPS) is 21.2. The van der Waals surface area contributed by atoms with Gasteiger partial charge in [-0.25, -0.2) is 0 Å². The van der Waals surface area contributed by atoms with Gasteiger partial charge in [0.15, 0.2) is 5.78 Å². The molecule has 0 bridgehead atoms. The highest BCUT2D eigenvalue weighted by atomic mass is 79.9. The fourth-order valence-electron chi connectivity index (χ4n) is 2.70. The minimum atomic E-state index is 0.0167. The van der Waals surface area contributed by atoms with Crippen LogP contribution < -0.4 is 4.74 Å². The van der Waals surface area contributed by atoms with E-state index in [1.165, 1.54) is 0 Å². The van der Waals surface area contributed by atoms with Crippen molar-refractivity contribution < 1.29 is 9.53 Å². The number of fused-ring (bicyclic) bond motifs is 1. The van der Waals surface area contributed by atoms with Crippen LogP contribution in [0.5, 0.6) is 5.75 Å².